The number of Topliss-reactive ketones (excluding diaryl/α,β-unsaturated/α-hetero) is 1. The van der Waals surface area contributed by atoms with Gasteiger partial charge in [0.05, 0.1) is 10.8 Å². The number of carbonyl (C=O) groups excluding carboxylic acids is 2. The number of non-ortho nitro benzene ring substituents is 1. The minimum Gasteiger partial charge on any atom is -0.454 e. The van der Waals surface area contributed by atoms with E-state index >= 15 is 0 Å². The number of nitro groups is 1. The predicted octanol–water partition coefficient (Wildman–Crippen LogP) is 3.84. The first-order chi connectivity index (χ1) is 17.3. The maximum atomic E-state index is 14.5. The van der Waals surface area contributed by atoms with Gasteiger partial charge >= 0.3 is 0 Å². The van der Waals surface area contributed by atoms with Crippen molar-refractivity contribution in [1.29, 1.82) is 0 Å². The molecular weight excluding hydrogens is 469 g/mol. The second-order valence-electron chi connectivity index (χ2n) is 9.16. The van der Waals surface area contributed by atoms with Crippen LogP contribution < -0.4 is 14.8 Å². The zero-order chi connectivity index (χ0) is 25.2. The summed E-state index contributed by atoms with van der Waals surface area (Å²) in [6.07, 6.45) is 0. The van der Waals surface area contributed by atoms with Crippen LogP contribution in [0.25, 0.3) is 0 Å². The minimum atomic E-state index is -1.51. The largest absolute Gasteiger partial charge is 0.454 e. The normalized spacial score (nSPS) is 24.1. The van der Waals surface area contributed by atoms with Gasteiger partial charge in [0.25, 0.3) is 5.69 Å². The van der Waals surface area contributed by atoms with Gasteiger partial charge in [-0.3, -0.25) is 24.6 Å². The molecule has 1 amide bonds. The fraction of sp³-hybridized carbons (Fsp3) is 0.231. The quantitative estimate of drug-likeness (QED) is 0.337. The van der Waals surface area contributed by atoms with Gasteiger partial charge in [-0.1, -0.05) is 12.1 Å². The van der Waals surface area contributed by atoms with Gasteiger partial charge < -0.3 is 14.8 Å². The van der Waals surface area contributed by atoms with E-state index in [2.05, 4.69) is 5.32 Å². The molecule has 1 N–H and O–H groups in total. The number of carbonyl (C=O) groups is 2. The molecule has 3 aromatic carbocycles. The van der Waals surface area contributed by atoms with Gasteiger partial charge in [-0.15, -0.1) is 0 Å². The maximum absolute atomic E-state index is 14.5. The zero-order valence-corrected chi connectivity index (χ0v) is 19.1. The van der Waals surface area contributed by atoms with Gasteiger partial charge in [0.2, 0.25) is 12.7 Å². The molecule has 0 aliphatic carbocycles. The van der Waals surface area contributed by atoms with Crippen molar-refractivity contribution in [2.75, 3.05) is 25.7 Å². The molecule has 0 bridgehead atoms. The van der Waals surface area contributed by atoms with Gasteiger partial charge in [0.15, 0.2) is 17.3 Å². The Morgan fingerprint density at radius 2 is 1.94 bits per heavy atom. The minimum absolute atomic E-state index is 0.0362. The van der Waals surface area contributed by atoms with Gasteiger partial charge in [-0.25, -0.2) is 4.39 Å². The van der Waals surface area contributed by atoms with E-state index in [4.69, 9.17) is 9.47 Å². The molecule has 1 unspecified atom stereocenters. The van der Waals surface area contributed by atoms with Crippen LogP contribution in [-0.4, -0.2) is 41.9 Å². The molecule has 3 heterocycles. The second kappa shape index (κ2) is 7.85. The number of hydrogen-bond acceptors (Lipinski definition) is 7. The van der Waals surface area contributed by atoms with E-state index < -0.39 is 34.0 Å². The molecule has 3 aromatic rings. The van der Waals surface area contributed by atoms with Gasteiger partial charge in [0.1, 0.15) is 11.4 Å². The number of hydrogen-bond donors (Lipinski definition) is 1. The van der Waals surface area contributed by atoms with Crippen molar-refractivity contribution in [2.24, 2.45) is 5.92 Å². The molecule has 3 aliphatic heterocycles. The third-order valence-electron chi connectivity index (χ3n) is 7.36. The molecule has 0 aromatic heterocycles. The maximum Gasteiger partial charge on any atom is 0.269 e. The molecule has 0 radical (unpaired) electrons. The molecule has 3 atom stereocenters. The Hall–Kier alpha value is -4.31. The highest BCUT2D eigenvalue weighted by Crippen LogP contribution is 2.56. The average Bonchev–Trinajstić information content (AvgIpc) is 3.54. The van der Waals surface area contributed by atoms with E-state index in [0.29, 0.717) is 33.9 Å². The summed E-state index contributed by atoms with van der Waals surface area (Å²) >= 11 is 0. The van der Waals surface area contributed by atoms with Crippen LogP contribution in [0, 0.1) is 21.8 Å². The van der Waals surface area contributed by atoms with Crippen molar-refractivity contribution < 1.29 is 28.4 Å². The molecule has 36 heavy (non-hydrogen) atoms. The van der Waals surface area contributed by atoms with E-state index in [0.717, 1.165) is 0 Å². The SMILES string of the molecule is CN1C[C@H](c2cccc([N+](=O)[O-])c2)C(C(=O)c2ccc3c(c2)OCO3)[C@]12C(=O)Nc1ccc(F)cc12. The van der Waals surface area contributed by atoms with Crippen LogP contribution >= 0.6 is 0 Å². The van der Waals surface area contributed by atoms with Crippen molar-refractivity contribution >= 4 is 23.1 Å². The lowest BCUT2D eigenvalue weighted by Gasteiger charge is -2.35. The molecule has 3 aliphatic rings. The van der Waals surface area contributed by atoms with E-state index in [1.807, 2.05) is 0 Å². The predicted molar refractivity (Wildman–Crippen MR) is 126 cm³/mol. The summed E-state index contributed by atoms with van der Waals surface area (Å²) in [4.78, 5) is 40.7. The number of nitrogens with one attached hydrogen (secondary N) is 1. The Kier molecular flexibility index (Phi) is 4.84. The van der Waals surface area contributed by atoms with Crippen LogP contribution in [0.5, 0.6) is 11.5 Å². The number of ether oxygens (including phenoxy) is 2. The summed E-state index contributed by atoms with van der Waals surface area (Å²) in [6, 6.07) is 14.9. The number of halogens is 1. The Morgan fingerprint density at radius 1 is 1.14 bits per heavy atom. The average molecular weight is 489 g/mol. The number of ketones is 1. The topological polar surface area (TPSA) is 111 Å². The van der Waals surface area contributed by atoms with Crippen LogP contribution in [0.3, 0.4) is 0 Å². The lowest BCUT2D eigenvalue weighted by molar-refractivity contribution is -0.384. The van der Waals surface area contributed by atoms with Crippen molar-refractivity contribution in [3.8, 4) is 11.5 Å². The number of amides is 1. The standard InChI is InChI=1S/C26H20FN3O6/c1-29-12-18(14-3-2-4-17(9-14)30(33)34)23(24(31)15-5-8-21-22(10-15)36-13-35-21)26(29)19-11-16(27)6-7-20(19)28-25(26)32/h2-11,18,23H,12-13H2,1H3,(H,28,32)/t18-,23?,26-/m1/s1. The first-order valence-electron chi connectivity index (χ1n) is 11.3. The highest BCUT2D eigenvalue weighted by Gasteiger charge is 2.64. The van der Waals surface area contributed by atoms with Crippen LogP contribution in [-0.2, 0) is 10.3 Å². The van der Waals surface area contributed by atoms with Crippen molar-refractivity contribution in [3.05, 3.63) is 93.3 Å². The Labute approximate surface area is 204 Å². The lowest BCUT2D eigenvalue weighted by Crippen LogP contribution is -2.51. The van der Waals surface area contributed by atoms with Crippen LogP contribution in [0.4, 0.5) is 15.8 Å². The highest BCUT2D eigenvalue weighted by molar-refractivity contribution is 6.12. The van der Waals surface area contributed by atoms with Crippen LogP contribution in [0.2, 0.25) is 0 Å². The van der Waals surface area contributed by atoms with E-state index in [9.17, 15) is 24.1 Å². The Balaban J connectivity index is 1.56. The number of likely N-dealkylation sites (N-methyl/N-ethyl adjacent to an activating group) is 1. The Morgan fingerprint density at radius 3 is 2.75 bits per heavy atom. The summed E-state index contributed by atoms with van der Waals surface area (Å²) in [5.74, 6) is -2.02. The highest BCUT2D eigenvalue weighted by atomic mass is 19.1. The molecule has 10 heteroatoms. The number of benzene rings is 3. The number of rotatable bonds is 4. The summed E-state index contributed by atoms with van der Waals surface area (Å²) in [6.45, 7) is 0.278. The van der Waals surface area contributed by atoms with Crippen molar-refractivity contribution in [1.82, 2.24) is 4.90 Å². The summed E-state index contributed by atoms with van der Waals surface area (Å²) in [5.41, 5.74) is 0.00280. The molecular formula is C26H20FN3O6. The van der Waals surface area contributed by atoms with Crippen LogP contribution in [0.1, 0.15) is 27.4 Å². The van der Waals surface area contributed by atoms with E-state index in [-0.39, 0.29) is 24.8 Å². The van der Waals surface area contributed by atoms with Gasteiger partial charge in [-0.05, 0) is 49.0 Å². The monoisotopic (exact) mass is 489 g/mol. The number of fused-ring (bicyclic) bond motifs is 3. The van der Waals surface area contributed by atoms with Crippen molar-refractivity contribution in [3.63, 3.8) is 0 Å². The lowest BCUT2D eigenvalue weighted by atomic mass is 9.70. The zero-order valence-electron chi connectivity index (χ0n) is 19.1. The van der Waals surface area contributed by atoms with Crippen molar-refractivity contribution in [2.45, 2.75) is 11.5 Å². The first-order valence-corrected chi connectivity index (χ1v) is 11.3. The van der Waals surface area contributed by atoms with E-state index in [1.54, 1.807) is 42.3 Å². The van der Waals surface area contributed by atoms with Crippen LogP contribution in [0.15, 0.2) is 60.7 Å². The van der Waals surface area contributed by atoms with E-state index in [1.165, 1.54) is 30.3 Å². The third-order valence-corrected chi connectivity index (χ3v) is 7.36. The molecule has 1 fully saturated rings. The fourth-order valence-electron chi connectivity index (χ4n) is 5.81. The first kappa shape index (κ1) is 22.2. The molecule has 6 rings (SSSR count). The number of nitro benzene ring substituents is 1. The number of likely N-dealkylation sites (tertiary alicyclic amines) is 1. The summed E-state index contributed by atoms with van der Waals surface area (Å²) in [7, 11) is 1.71. The summed E-state index contributed by atoms with van der Waals surface area (Å²) < 4.78 is 25.3. The van der Waals surface area contributed by atoms with Gasteiger partial charge in [0, 0.05) is 41.4 Å². The number of nitrogens with zero attached hydrogens (tertiary/aromatic N) is 2. The summed E-state index contributed by atoms with van der Waals surface area (Å²) in [5, 5.41) is 14.3. The fourth-order valence-corrected chi connectivity index (χ4v) is 5.81. The smallest absolute Gasteiger partial charge is 0.269 e. The molecule has 9 nitrogen and oxygen atoms in total. The molecule has 182 valence electrons. The molecule has 0 saturated carbocycles. The number of anilines is 1. The molecule has 1 spiro atoms. The second-order valence-corrected chi connectivity index (χ2v) is 9.16. The Bertz CT molecular complexity index is 1460. The molecule has 1 saturated heterocycles. The third kappa shape index (κ3) is 3.04. The van der Waals surface area contributed by atoms with Gasteiger partial charge in [-0.2, -0.15) is 0 Å².